The third-order valence-corrected chi connectivity index (χ3v) is 9.02. The molecule has 5 heteroatoms. The van der Waals surface area contributed by atoms with E-state index in [2.05, 4.69) is 28.9 Å². The zero-order valence-electron chi connectivity index (χ0n) is 15.4. The summed E-state index contributed by atoms with van der Waals surface area (Å²) < 4.78 is 26.5. The first kappa shape index (κ1) is 19.0. The van der Waals surface area contributed by atoms with E-state index in [1.54, 1.807) is 0 Å². The van der Waals surface area contributed by atoms with Crippen LogP contribution in [0.2, 0.25) is 0 Å². The minimum Gasteiger partial charge on any atom is -0.384 e. The molecule has 0 bridgehead atoms. The molecule has 3 fully saturated rings. The normalized spacial score (nSPS) is 47.8. The molecule has 0 aromatic carbocycles. The van der Waals surface area contributed by atoms with Gasteiger partial charge in [-0.3, -0.25) is 4.79 Å². The van der Waals surface area contributed by atoms with Crippen LogP contribution in [0.15, 0.2) is 11.6 Å². The minimum atomic E-state index is -2.66. The van der Waals surface area contributed by atoms with E-state index in [9.17, 15) is 18.7 Å². The summed E-state index contributed by atoms with van der Waals surface area (Å²) in [5.74, 6) is 2.58. The van der Waals surface area contributed by atoms with E-state index in [-0.39, 0.29) is 24.2 Å². The van der Waals surface area contributed by atoms with E-state index in [0.717, 1.165) is 37.7 Å². The quantitative estimate of drug-likeness (QED) is 0.497. The molecule has 2 nitrogen and oxygen atoms in total. The van der Waals surface area contributed by atoms with Crippen molar-refractivity contribution in [2.75, 3.05) is 5.33 Å². The maximum Gasteiger partial charge on any atom is 0.267 e. The molecule has 3 saturated carbocycles. The second kappa shape index (κ2) is 6.65. The van der Waals surface area contributed by atoms with Gasteiger partial charge in [0.1, 0.15) is 11.4 Å². The summed E-state index contributed by atoms with van der Waals surface area (Å²) in [7, 11) is 0. The van der Waals surface area contributed by atoms with Crippen molar-refractivity contribution in [3.05, 3.63) is 11.6 Å². The molecule has 0 aromatic rings. The first-order valence-electron chi connectivity index (χ1n) is 10.1. The number of hydrogen-bond acceptors (Lipinski definition) is 2. The zero-order chi connectivity index (χ0) is 18.7. The van der Waals surface area contributed by atoms with Crippen molar-refractivity contribution in [2.24, 2.45) is 35.0 Å². The van der Waals surface area contributed by atoms with Crippen LogP contribution in [0.4, 0.5) is 8.78 Å². The molecule has 0 unspecified atom stereocenters. The third kappa shape index (κ3) is 2.75. The lowest BCUT2D eigenvalue weighted by Crippen LogP contribution is -2.50. The number of allylic oxidation sites excluding steroid dienone is 1. The zero-order valence-corrected chi connectivity index (χ0v) is 17.0. The maximum atomic E-state index is 13.3. The largest absolute Gasteiger partial charge is 0.384 e. The van der Waals surface area contributed by atoms with Gasteiger partial charge >= 0.3 is 0 Å². The molecule has 4 rings (SSSR count). The van der Waals surface area contributed by atoms with Crippen LogP contribution in [0.3, 0.4) is 0 Å². The number of alkyl halides is 3. The van der Waals surface area contributed by atoms with Crippen LogP contribution in [0.5, 0.6) is 0 Å². The van der Waals surface area contributed by atoms with Gasteiger partial charge in [-0.1, -0.05) is 34.5 Å². The molecule has 0 aliphatic heterocycles. The SMILES string of the molecule is C[C@]12CC[C@H]3[C@@H](CC=C4C[C@](O)(C(F)F)CC[C@@H]43)[C@@H]1CC[C@@H]2C(=O)CBr. The number of halogens is 3. The Kier molecular flexibility index (Phi) is 4.87. The molecule has 0 amide bonds. The Balaban J connectivity index is 1.57. The number of aliphatic hydroxyl groups is 1. The number of Topliss-reactive ketones (excluding diaryl/α,β-unsaturated/α-hetero) is 1. The van der Waals surface area contributed by atoms with E-state index < -0.39 is 12.0 Å². The molecule has 146 valence electrons. The van der Waals surface area contributed by atoms with Crippen LogP contribution < -0.4 is 0 Å². The number of ketones is 1. The summed E-state index contributed by atoms with van der Waals surface area (Å²) in [5.41, 5.74) is -0.635. The molecule has 4 aliphatic rings. The smallest absolute Gasteiger partial charge is 0.267 e. The lowest BCUT2D eigenvalue weighted by Gasteiger charge is -2.54. The molecule has 0 radical (unpaired) electrons. The molecule has 0 aromatic heterocycles. The van der Waals surface area contributed by atoms with E-state index in [1.807, 2.05) is 0 Å². The average molecular weight is 431 g/mol. The Hall–Kier alpha value is -0.290. The standard InChI is InChI=1S/C21H29BrF2O2/c1-20-8-6-14-13-7-9-21(26,19(23)24)10-12(13)2-3-15(14)16(20)4-5-17(20)18(25)11-22/h2,13-17,19,26H,3-11H2,1H3/t13-,14+,15+,16-,17+,20-,21-/m0/s1. The van der Waals surface area contributed by atoms with Gasteiger partial charge in [0.25, 0.3) is 6.43 Å². The molecule has 1 N–H and O–H groups in total. The predicted octanol–water partition coefficient (Wildman–Crippen LogP) is 5.14. The molecular weight excluding hydrogens is 402 g/mol. The second-order valence-corrected chi connectivity index (χ2v) is 10.0. The summed E-state index contributed by atoms with van der Waals surface area (Å²) in [4.78, 5) is 12.4. The summed E-state index contributed by atoms with van der Waals surface area (Å²) >= 11 is 3.36. The van der Waals surface area contributed by atoms with Crippen molar-refractivity contribution < 1.29 is 18.7 Å². The van der Waals surface area contributed by atoms with Crippen molar-refractivity contribution in [1.82, 2.24) is 0 Å². The van der Waals surface area contributed by atoms with Gasteiger partial charge < -0.3 is 5.11 Å². The van der Waals surface area contributed by atoms with Gasteiger partial charge in [-0.25, -0.2) is 8.78 Å². The highest BCUT2D eigenvalue weighted by molar-refractivity contribution is 9.09. The second-order valence-electron chi connectivity index (χ2n) is 9.45. The molecule has 0 heterocycles. The maximum absolute atomic E-state index is 13.3. The fourth-order valence-corrected chi connectivity index (χ4v) is 7.52. The first-order chi connectivity index (χ1) is 12.3. The van der Waals surface area contributed by atoms with Crippen LogP contribution in [0.25, 0.3) is 0 Å². The summed E-state index contributed by atoms with van der Waals surface area (Å²) in [5, 5.41) is 10.7. The Bertz CT molecular complexity index is 621. The van der Waals surface area contributed by atoms with Crippen molar-refractivity contribution in [3.8, 4) is 0 Å². The highest BCUT2D eigenvalue weighted by atomic mass is 79.9. The third-order valence-electron chi connectivity index (χ3n) is 8.46. The fraction of sp³-hybridized carbons (Fsp3) is 0.857. The predicted molar refractivity (Wildman–Crippen MR) is 100 cm³/mol. The van der Waals surface area contributed by atoms with E-state index in [4.69, 9.17) is 0 Å². The van der Waals surface area contributed by atoms with Crippen molar-refractivity contribution in [3.63, 3.8) is 0 Å². The molecule has 0 spiro atoms. The van der Waals surface area contributed by atoms with Gasteiger partial charge in [-0.2, -0.15) is 0 Å². The van der Waals surface area contributed by atoms with Crippen LogP contribution in [-0.2, 0) is 4.79 Å². The van der Waals surface area contributed by atoms with E-state index in [1.165, 1.54) is 0 Å². The monoisotopic (exact) mass is 430 g/mol. The Morgan fingerprint density at radius 1 is 1.27 bits per heavy atom. The minimum absolute atomic E-state index is 0.107. The Morgan fingerprint density at radius 3 is 2.73 bits per heavy atom. The molecule has 4 aliphatic carbocycles. The Morgan fingerprint density at radius 2 is 2.04 bits per heavy atom. The van der Waals surface area contributed by atoms with Gasteiger partial charge in [0.15, 0.2) is 0 Å². The molecule has 7 atom stereocenters. The van der Waals surface area contributed by atoms with Crippen LogP contribution >= 0.6 is 15.9 Å². The number of hydrogen-bond donors (Lipinski definition) is 1. The average Bonchev–Trinajstić information content (AvgIpc) is 2.97. The van der Waals surface area contributed by atoms with Crippen LogP contribution in [0, 0.1) is 35.0 Å². The number of fused-ring (bicyclic) bond motifs is 5. The van der Waals surface area contributed by atoms with Gasteiger partial charge in [-0.05, 0) is 74.0 Å². The van der Waals surface area contributed by atoms with Crippen LogP contribution in [0.1, 0.15) is 58.3 Å². The highest BCUT2D eigenvalue weighted by Gasteiger charge is 2.58. The first-order valence-corrected chi connectivity index (χ1v) is 11.2. The number of carbonyl (C=O) groups is 1. The summed E-state index contributed by atoms with van der Waals surface area (Å²) in [6.45, 7) is 2.32. The van der Waals surface area contributed by atoms with Gasteiger partial charge in [-0.15, -0.1) is 0 Å². The van der Waals surface area contributed by atoms with Crippen molar-refractivity contribution >= 4 is 21.7 Å². The van der Waals surface area contributed by atoms with Crippen molar-refractivity contribution in [2.45, 2.75) is 70.3 Å². The van der Waals surface area contributed by atoms with Crippen LogP contribution in [-0.4, -0.2) is 28.2 Å². The molecule has 0 saturated heterocycles. The van der Waals surface area contributed by atoms with E-state index in [0.29, 0.717) is 41.2 Å². The van der Waals surface area contributed by atoms with Crippen molar-refractivity contribution in [1.29, 1.82) is 0 Å². The lowest BCUT2D eigenvalue weighted by atomic mass is 9.51. The van der Waals surface area contributed by atoms with Gasteiger partial charge in [0.05, 0.1) is 5.33 Å². The summed E-state index contributed by atoms with van der Waals surface area (Å²) in [6, 6.07) is 0. The number of rotatable bonds is 3. The molecule has 26 heavy (non-hydrogen) atoms. The van der Waals surface area contributed by atoms with Gasteiger partial charge in [0, 0.05) is 12.3 Å². The summed E-state index contributed by atoms with van der Waals surface area (Å²) in [6.07, 6.45) is 5.77. The number of carbonyl (C=O) groups excluding carboxylic acids is 1. The fourth-order valence-electron chi connectivity index (χ4n) is 7.13. The Labute approximate surface area is 162 Å². The topological polar surface area (TPSA) is 37.3 Å². The van der Waals surface area contributed by atoms with Gasteiger partial charge in [0.2, 0.25) is 0 Å². The lowest BCUT2D eigenvalue weighted by molar-refractivity contribution is -0.128. The molecular formula is C21H29BrF2O2. The van der Waals surface area contributed by atoms with E-state index >= 15 is 0 Å². The highest BCUT2D eigenvalue weighted by Crippen LogP contribution is 2.63.